The molecule has 6 nitrogen and oxygen atoms in total. The molecule has 6 heteroatoms. The first-order valence-corrected chi connectivity index (χ1v) is 5.06. The SMILES string of the molecule is Cc1c(C(=O)NCC(C)C)noc1COO. The minimum absolute atomic E-state index is 0.115. The maximum absolute atomic E-state index is 11.7. The molecule has 0 spiro atoms. The number of aromatic nitrogens is 1. The molecule has 0 radical (unpaired) electrons. The molecular weight excluding hydrogens is 212 g/mol. The standard InChI is InChI=1S/C10H16N2O4/c1-6(2)4-11-10(13)9-7(3)8(5-15-14)16-12-9/h6,14H,4-5H2,1-3H3,(H,11,13). The van der Waals surface area contributed by atoms with E-state index in [1.807, 2.05) is 13.8 Å². The van der Waals surface area contributed by atoms with Crippen LogP contribution in [0.2, 0.25) is 0 Å². The summed E-state index contributed by atoms with van der Waals surface area (Å²) in [6.07, 6.45) is 0. The van der Waals surface area contributed by atoms with E-state index < -0.39 is 0 Å². The second kappa shape index (κ2) is 5.62. The Labute approximate surface area is 93.5 Å². The summed E-state index contributed by atoms with van der Waals surface area (Å²) < 4.78 is 4.87. The van der Waals surface area contributed by atoms with Crippen molar-refractivity contribution in [3.63, 3.8) is 0 Å². The van der Waals surface area contributed by atoms with Gasteiger partial charge in [0, 0.05) is 12.1 Å². The molecule has 2 N–H and O–H groups in total. The largest absolute Gasteiger partial charge is 0.358 e. The lowest BCUT2D eigenvalue weighted by Crippen LogP contribution is -2.28. The van der Waals surface area contributed by atoms with Crippen molar-refractivity contribution in [2.45, 2.75) is 27.4 Å². The van der Waals surface area contributed by atoms with E-state index in [-0.39, 0.29) is 18.2 Å². The van der Waals surface area contributed by atoms with Gasteiger partial charge in [0.1, 0.15) is 6.61 Å². The number of rotatable bonds is 5. The van der Waals surface area contributed by atoms with Crippen LogP contribution < -0.4 is 5.32 Å². The number of amides is 1. The van der Waals surface area contributed by atoms with Gasteiger partial charge in [0.15, 0.2) is 11.5 Å². The van der Waals surface area contributed by atoms with Gasteiger partial charge in [-0.1, -0.05) is 19.0 Å². The van der Waals surface area contributed by atoms with Crippen molar-refractivity contribution in [3.05, 3.63) is 17.0 Å². The average Bonchev–Trinajstić information content (AvgIpc) is 2.58. The molecular formula is C10H16N2O4. The first-order valence-electron chi connectivity index (χ1n) is 5.06. The number of nitrogens with one attached hydrogen (secondary N) is 1. The van der Waals surface area contributed by atoms with Crippen molar-refractivity contribution in [3.8, 4) is 0 Å². The molecule has 90 valence electrons. The van der Waals surface area contributed by atoms with Crippen LogP contribution in [0.1, 0.15) is 35.7 Å². The Morgan fingerprint density at radius 1 is 1.62 bits per heavy atom. The van der Waals surface area contributed by atoms with Gasteiger partial charge in [-0.25, -0.2) is 4.89 Å². The lowest BCUT2D eigenvalue weighted by atomic mass is 10.2. The second-order valence-electron chi connectivity index (χ2n) is 3.96. The van der Waals surface area contributed by atoms with Crippen LogP contribution in [0.3, 0.4) is 0 Å². The van der Waals surface area contributed by atoms with Crippen molar-refractivity contribution in [1.82, 2.24) is 10.5 Å². The van der Waals surface area contributed by atoms with E-state index in [1.54, 1.807) is 6.92 Å². The predicted octanol–water partition coefficient (Wildman–Crippen LogP) is 1.36. The van der Waals surface area contributed by atoms with Crippen LogP contribution in [0.15, 0.2) is 4.52 Å². The molecule has 0 unspecified atom stereocenters. The Balaban J connectivity index is 2.69. The van der Waals surface area contributed by atoms with E-state index >= 15 is 0 Å². The third-order valence-electron chi connectivity index (χ3n) is 2.10. The summed E-state index contributed by atoms with van der Waals surface area (Å²) in [6, 6.07) is 0. The molecule has 0 aliphatic rings. The van der Waals surface area contributed by atoms with Crippen molar-refractivity contribution in [1.29, 1.82) is 0 Å². The summed E-state index contributed by atoms with van der Waals surface area (Å²) in [7, 11) is 0. The second-order valence-corrected chi connectivity index (χ2v) is 3.96. The molecule has 1 aromatic heterocycles. The fourth-order valence-electron chi connectivity index (χ4n) is 1.16. The molecule has 1 rings (SSSR count). The number of hydrogen-bond donors (Lipinski definition) is 2. The van der Waals surface area contributed by atoms with Gasteiger partial charge in [0.2, 0.25) is 0 Å². The highest BCUT2D eigenvalue weighted by Crippen LogP contribution is 2.13. The molecule has 1 amide bonds. The van der Waals surface area contributed by atoms with Crippen LogP contribution in [0.4, 0.5) is 0 Å². The Morgan fingerprint density at radius 3 is 2.88 bits per heavy atom. The Hall–Kier alpha value is -1.40. The van der Waals surface area contributed by atoms with Gasteiger partial charge in [-0.15, -0.1) is 0 Å². The molecule has 0 atom stereocenters. The number of carbonyl (C=O) groups excluding carboxylic acids is 1. The van der Waals surface area contributed by atoms with E-state index in [0.29, 0.717) is 23.8 Å². The normalized spacial score (nSPS) is 10.8. The predicted molar refractivity (Wildman–Crippen MR) is 55.8 cm³/mol. The monoisotopic (exact) mass is 228 g/mol. The zero-order valence-electron chi connectivity index (χ0n) is 9.61. The molecule has 0 aliphatic carbocycles. The van der Waals surface area contributed by atoms with Crippen LogP contribution in [0.25, 0.3) is 0 Å². The van der Waals surface area contributed by atoms with Crippen LogP contribution in [0.5, 0.6) is 0 Å². The van der Waals surface area contributed by atoms with Crippen LogP contribution in [-0.2, 0) is 11.5 Å². The molecule has 1 aromatic rings. The lowest BCUT2D eigenvalue weighted by molar-refractivity contribution is -0.256. The number of hydrogen-bond acceptors (Lipinski definition) is 5. The first-order chi connectivity index (χ1) is 7.56. The summed E-state index contributed by atoms with van der Waals surface area (Å²) in [5.41, 5.74) is 0.808. The zero-order valence-corrected chi connectivity index (χ0v) is 9.61. The quantitative estimate of drug-likeness (QED) is 0.587. The van der Waals surface area contributed by atoms with Gasteiger partial charge in [0.25, 0.3) is 5.91 Å². The minimum atomic E-state index is -0.279. The third kappa shape index (κ3) is 3.04. The highest BCUT2D eigenvalue weighted by atomic mass is 17.1. The summed E-state index contributed by atoms with van der Waals surface area (Å²) in [5.74, 6) is 0.438. The van der Waals surface area contributed by atoms with E-state index in [2.05, 4.69) is 15.4 Å². The maximum atomic E-state index is 11.7. The van der Waals surface area contributed by atoms with Gasteiger partial charge >= 0.3 is 0 Å². The van der Waals surface area contributed by atoms with Crippen molar-refractivity contribution < 1.29 is 19.5 Å². The van der Waals surface area contributed by atoms with E-state index in [1.165, 1.54) is 0 Å². The first kappa shape index (κ1) is 12.7. The third-order valence-corrected chi connectivity index (χ3v) is 2.10. The average molecular weight is 228 g/mol. The van der Waals surface area contributed by atoms with Crippen LogP contribution in [0, 0.1) is 12.8 Å². The van der Waals surface area contributed by atoms with E-state index in [4.69, 9.17) is 9.78 Å². The smallest absolute Gasteiger partial charge is 0.273 e. The lowest BCUT2D eigenvalue weighted by Gasteiger charge is -2.05. The summed E-state index contributed by atoms with van der Waals surface area (Å²) >= 11 is 0. The summed E-state index contributed by atoms with van der Waals surface area (Å²) in [4.78, 5) is 15.6. The Bertz CT molecular complexity index is 360. The summed E-state index contributed by atoms with van der Waals surface area (Å²) in [6.45, 7) is 6.16. The van der Waals surface area contributed by atoms with Gasteiger partial charge in [-0.2, -0.15) is 0 Å². The van der Waals surface area contributed by atoms with Crippen LogP contribution >= 0.6 is 0 Å². The number of carbonyl (C=O) groups is 1. The topological polar surface area (TPSA) is 84.6 Å². The highest BCUT2D eigenvalue weighted by Gasteiger charge is 2.18. The molecule has 0 aromatic carbocycles. The molecule has 0 fully saturated rings. The van der Waals surface area contributed by atoms with Gasteiger partial charge in [-0.05, 0) is 12.8 Å². The molecule has 16 heavy (non-hydrogen) atoms. The number of nitrogens with zero attached hydrogens (tertiary/aromatic N) is 1. The van der Waals surface area contributed by atoms with Gasteiger partial charge < -0.3 is 9.84 Å². The van der Waals surface area contributed by atoms with Gasteiger partial charge in [0.05, 0.1) is 0 Å². The Morgan fingerprint density at radius 2 is 2.31 bits per heavy atom. The van der Waals surface area contributed by atoms with Gasteiger partial charge in [-0.3, -0.25) is 10.1 Å². The zero-order chi connectivity index (χ0) is 12.1. The van der Waals surface area contributed by atoms with Crippen molar-refractivity contribution in [2.75, 3.05) is 6.54 Å². The fourth-order valence-corrected chi connectivity index (χ4v) is 1.16. The van der Waals surface area contributed by atoms with E-state index in [9.17, 15) is 4.79 Å². The van der Waals surface area contributed by atoms with Crippen molar-refractivity contribution >= 4 is 5.91 Å². The Kier molecular flexibility index (Phi) is 4.45. The summed E-state index contributed by atoms with van der Waals surface area (Å²) in [5, 5.41) is 14.6. The molecule has 0 bridgehead atoms. The highest BCUT2D eigenvalue weighted by molar-refractivity contribution is 5.93. The minimum Gasteiger partial charge on any atom is -0.358 e. The molecule has 1 heterocycles. The fraction of sp³-hybridized carbons (Fsp3) is 0.600. The maximum Gasteiger partial charge on any atom is 0.273 e. The van der Waals surface area contributed by atoms with Crippen LogP contribution in [-0.4, -0.2) is 22.9 Å². The van der Waals surface area contributed by atoms with E-state index in [0.717, 1.165) is 0 Å². The van der Waals surface area contributed by atoms with Crippen molar-refractivity contribution in [2.24, 2.45) is 5.92 Å². The molecule has 0 saturated carbocycles. The molecule has 0 saturated heterocycles. The molecule has 0 aliphatic heterocycles.